The van der Waals surface area contributed by atoms with Gasteiger partial charge in [0.1, 0.15) is 13.2 Å². The van der Waals surface area contributed by atoms with Crippen molar-refractivity contribution in [1.29, 1.82) is 0 Å². The van der Waals surface area contributed by atoms with Crippen LogP contribution >= 0.6 is 23.8 Å². The van der Waals surface area contributed by atoms with Crippen molar-refractivity contribution < 1.29 is 28.8 Å². The second kappa shape index (κ2) is 9.36. The van der Waals surface area contributed by atoms with Gasteiger partial charge in [0.25, 0.3) is 0 Å². The summed E-state index contributed by atoms with van der Waals surface area (Å²) in [7, 11) is 1.42. The van der Waals surface area contributed by atoms with Crippen LogP contribution in [-0.2, 0) is 9.53 Å². The maximum atomic E-state index is 13.1. The number of allylic oxidation sites excluding steroid dienone is 1. The summed E-state index contributed by atoms with van der Waals surface area (Å²) >= 11 is 11.9. The Labute approximate surface area is 201 Å². The molecule has 1 atom stereocenters. The Morgan fingerprint density at radius 2 is 2.00 bits per heavy atom. The normalized spacial score (nSPS) is 17.5. The number of phenolic OH excluding ortho intramolecular Hbond substituents is 1. The van der Waals surface area contributed by atoms with Crippen molar-refractivity contribution in [3.05, 3.63) is 52.2 Å². The fraction of sp³-hybridized carbons (Fsp3) is 0.304. The molecule has 8 nitrogen and oxygen atoms in total. The van der Waals surface area contributed by atoms with Crippen LogP contribution in [0, 0.1) is 0 Å². The number of carbonyl (C=O) groups excluding carboxylic acids is 1. The van der Waals surface area contributed by atoms with Gasteiger partial charge in [0.15, 0.2) is 28.1 Å². The molecule has 33 heavy (non-hydrogen) atoms. The van der Waals surface area contributed by atoms with E-state index in [1.54, 1.807) is 36.9 Å². The fourth-order valence-corrected chi connectivity index (χ4v) is 4.44. The van der Waals surface area contributed by atoms with E-state index >= 15 is 0 Å². The van der Waals surface area contributed by atoms with Crippen LogP contribution in [0.4, 0.5) is 5.69 Å². The minimum atomic E-state index is -0.669. The van der Waals surface area contributed by atoms with E-state index in [1.165, 1.54) is 7.11 Å². The largest absolute Gasteiger partial charge is 0.503 e. The number of benzene rings is 2. The number of hydrogen-bond acceptors (Lipinski definition) is 7. The first-order valence-electron chi connectivity index (χ1n) is 10.3. The zero-order valence-corrected chi connectivity index (χ0v) is 19.9. The minimum absolute atomic E-state index is 0.0900. The van der Waals surface area contributed by atoms with Crippen molar-refractivity contribution in [2.24, 2.45) is 0 Å². The van der Waals surface area contributed by atoms with Crippen LogP contribution < -0.4 is 24.4 Å². The third-order valence-corrected chi connectivity index (χ3v) is 5.96. The van der Waals surface area contributed by atoms with Gasteiger partial charge >= 0.3 is 5.97 Å². The molecule has 4 rings (SSSR count). The van der Waals surface area contributed by atoms with Crippen LogP contribution in [0.15, 0.2) is 41.6 Å². The monoisotopic (exact) mass is 490 g/mol. The molecule has 0 saturated carbocycles. The van der Waals surface area contributed by atoms with Gasteiger partial charge in [-0.1, -0.05) is 11.6 Å². The molecule has 0 spiro atoms. The number of esters is 1. The number of rotatable bonds is 5. The molecule has 2 heterocycles. The molecule has 0 amide bonds. The smallest absolute Gasteiger partial charge is 0.338 e. The lowest BCUT2D eigenvalue weighted by Crippen LogP contribution is -2.48. The highest BCUT2D eigenvalue weighted by Crippen LogP contribution is 2.42. The molecular weight excluding hydrogens is 468 g/mol. The molecule has 0 bridgehead atoms. The van der Waals surface area contributed by atoms with Gasteiger partial charge in [-0.15, -0.1) is 0 Å². The average Bonchev–Trinajstić information content (AvgIpc) is 2.80. The summed E-state index contributed by atoms with van der Waals surface area (Å²) in [5, 5.41) is 13.8. The van der Waals surface area contributed by atoms with Crippen molar-refractivity contribution in [3.63, 3.8) is 0 Å². The zero-order chi connectivity index (χ0) is 23.7. The van der Waals surface area contributed by atoms with Crippen molar-refractivity contribution >= 4 is 40.6 Å². The number of carbonyl (C=O) groups is 1. The summed E-state index contributed by atoms with van der Waals surface area (Å²) < 4.78 is 21.9. The van der Waals surface area contributed by atoms with Crippen LogP contribution in [0.5, 0.6) is 23.0 Å². The number of aromatic hydroxyl groups is 1. The summed E-state index contributed by atoms with van der Waals surface area (Å²) in [6.45, 7) is 4.68. The number of halogens is 1. The second-order valence-corrected chi connectivity index (χ2v) is 8.11. The highest BCUT2D eigenvalue weighted by molar-refractivity contribution is 7.80. The van der Waals surface area contributed by atoms with E-state index in [9.17, 15) is 9.90 Å². The van der Waals surface area contributed by atoms with Gasteiger partial charge < -0.3 is 29.4 Å². The predicted molar refractivity (Wildman–Crippen MR) is 127 cm³/mol. The molecule has 0 aromatic heterocycles. The van der Waals surface area contributed by atoms with Gasteiger partial charge in [-0.3, -0.25) is 4.90 Å². The second-order valence-electron chi connectivity index (χ2n) is 7.32. The third kappa shape index (κ3) is 4.26. The molecule has 10 heteroatoms. The Balaban J connectivity index is 1.83. The Morgan fingerprint density at radius 1 is 1.27 bits per heavy atom. The Morgan fingerprint density at radius 3 is 2.70 bits per heavy atom. The molecule has 174 valence electrons. The highest BCUT2D eigenvalue weighted by Gasteiger charge is 2.36. The summed E-state index contributed by atoms with van der Waals surface area (Å²) in [4.78, 5) is 14.8. The fourth-order valence-electron chi connectivity index (χ4n) is 3.86. The van der Waals surface area contributed by atoms with E-state index in [0.717, 1.165) is 0 Å². The number of thiocarbonyl (C=S) groups is 1. The van der Waals surface area contributed by atoms with Gasteiger partial charge in [-0.25, -0.2) is 4.79 Å². The standard InChI is InChI=1S/C23H23ClN2O6S/c1-4-30-22(28)19-12(2)26(14-5-6-16-17(11-14)32-8-7-31-16)23(33)25-20(19)13-9-15(24)21(27)18(10-13)29-3/h5-6,9-11,20,27H,4,7-8H2,1-3H3,(H,25,33)/t20-/m0/s1. The predicted octanol–water partition coefficient (Wildman–Crippen LogP) is 4.10. The van der Waals surface area contributed by atoms with E-state index in [2.05, 4.69) is 5.32 Å². The first kappa shape index (κ1) is 23.0. The lowest BCUT2D eigenvalue weighted by Gasteiger charge is -2.38. The van der Waals surface area contributed by atoms with Gasteiger partial charge in [0, 0.05) is 11.8 Å². The lowest BCUT2D eigenvalue weighted by molar-refractivity contribution is -0.139. The van der Waals surface area contributed by atoms with Crippen LogP contribution in [0.1, 0.15) is 25.5 Å². The molecule has 0 saturated heterocycles. The van der Waals surface area contributed by atoms with Gasteiger partial charge in [-0.2, -0.15) is 0 Å². The quantitative estimate of drug-likeness (QED) is 0.475. The highest BCUT2D eigenvalue weighted by atomic mass is 35.5. The number of ether oxygens (including phenoxy) is 4. The molecule has 2 aliphatic rings. The van der Waals surface area contributed by atoms with Crippen LogP contribution in [-0.4, -0.2) is 43.1 Å². The van der Waals surface area contributed by atoms with E-state index in [0.29, 0.717) is 52.3 Å². The number of fused-ring (bicyclic) bond motifs is 1. The van der Waals surface area contributed by atoms with E-state index in [4.69, 9.17) is 42.8 Å². The summed E-state index contributed by atoms with van der Waals surface area (Å²) in [6.07, 6.45) is 0. The number of nitrogens with zero attached hydrogens (tertiary/aromatic N) is 1. The van der Waals surface area contributed by atoms with E-state index in [1.807, 2.05) is 12.1 Å². The molecule has 2 aromatic rings. The zero-order valence-electron chi connectivity index (χ0n) is 18.3. The van der Waals surface area contributed by atoms with Gasteiger partial charge in [0.05, 0.1) is 36.0 Å². The first-order valence-corrected chi connectivity index (χ1v) is 11.1. The van der Waals surface area contributed by atoms with Crippen LogP contribution in [0.25, 0.3) is 0 Å². The average molecular weight is 491 g/mol. The summed E-state index contributed by atoms with van der Waals surface area (Å²) in [5.74, 6) is 0.750. The molecular formula is C23H23ClN2O6S. The van der Waals surface area contributed by atoms with Gasteiger partial charge in [0.2, 0.25) is 0 Å². The topological polar surface area (TPSA) is 89.5 Å². The van der Waals surface area contributed by atoms with E-state index < -0.39 is 12.0 Å². The Hall–Kier alpha value is -3.17. The third-order valence-electron chi connectivity index (χ3n) is 5.37. The molecule has 2 N–H and O–H groups in total. The molecule has 0 unspecified atom stereocenters. The van der Waals surface area contributed by atoms with Crippen molar-refractivity contribution in [2.75, 3.05) is 31.8 Å². The maximum Gasteiger partial charge on any atom is 0.338 e. The van der Waals surface area contributed by atoms with Crippen LogP contribution in [0.3, 0.4) is 0 Å². The number of hydrogen-bond donors (Lipinski definition) is 2. The molecule has 2 aromatic carbocycles. The molecule has 0 radical (unpaired) electrons. The van der Waals surface area contributed by atoms with Crippen molar-refractivity contribution in [2.45, 2.75) is 19.9 Å². The number of nitrogens with one attached hydrogen (secondary N) is 1. The summed E-state index contributed by atoms with van der Waals surface area (Å²) in [5.41, 5.74) is 2.23. The maximum absolute atomic E-state index is 13.1. The SMILES string of the molecule is CCOC(=O)C1=C(C)N(c2ccc3c(c2)OCCO3)C(=S)N[C@H]1c1cc(Cl)c(O)c(OC)c1. The summed E-state index contributed by atoms with van der Waals surface area (Å²) in [6, 6.07) is 7.96. The Bertz CT molecular complexity index is 1150. The van der Waals surface area contributed by atoms with E-state index in [-0.39, 0.29) is 23.1 Å². The number of phenols is 1. The molecule has 0 fully saturated rings. The molecule has 0 aliphatic carbocycles. The minimum Gasteiger partial charge on any atom is -0.503 e. The van der Waals surface area contributed by atoms with Gasteiger partial charge in [-0.05, 0) is 55.9 Å². The van der Waals surface area contributed by atoms with Crippen molar-refractivity contribution in [3.8, 4) is 23.0 Å². The Kier molecular flexibility index (Phi) is 6.53. The van der Waals surface area contributed by atoms with Crippen molar-refractivity contribution in [1.82, 2.24) is 5.32 Å². The molecule has 2 aliphatic heterocycles. The lowest BCUT2D eigenvalue weighted by atomic mass is 9.94. The first-order chi connectivity index (χ1) is 15.8. The number of methoxy groups -OCH3 is 1. The van der Waals surface area contributed by atoms with Crippen LogP contribution in [0.2, 0.25) is 5.02 Å². The number of anilines is 1.